The van der Waals surface area contributed by atoms with Gasteiger partial charge in [0.05, 0.1) is 35.8 Å². The van der Waals surface area contributed by atoms with Gasteiger partial charge in [-0.2, -0.15) is 26.3 Å². The third-order valence-electron chi connectivity index (χ3n) is 16.2. The van der Waals surface area contributed by atoms with E-state index in [1.807, 2.05) is 13.8 Å². The summed E-state index contributed by atoms with van der Waals surface area (Å²) in [6.45, 7) is 12.0. The second kappa shape index (κ2) is 30.8. The number of nitrogens with one attached hydrogen (secondary N) is 2. The molecule has 4 aromatic carbocycles. The topological polar surface area (TPSA) is 217 Å². The predicted octanol–water partition coefficient (Wildman–Crippen LogP) is 9.68. The number of likely N-dealkylation sites (N-methyl/N-ethyl adjacent to an activating group) is 2. The monoisotopic (exact) mass is 1360 g/mol. The molecule has 4 amide bonds. The Morgan fingerprint density at radius 2 is 1.38 bits per heavy atom. The molecule has 0 atom stereocenters. The van der Waals surface area contributed by atoms with Crippen molar-refractivity contribution in [2.24, 2.45) is 9.98 Å². The fourth-order valence-electron chi connectivity index (χ4n) is 10.8. The van der Waals surface area contributed by atoms with Crippen LogP contribution in [0.25, 0.3) is 0 Å². The smallest absolute Gasteiger partial charge is 0.416 e. The minimum Gasteiger partial charge on any atom is -0.493 e. The number of hydrogen-bond donors (Lipinski definition) is 2. The lowest BCUT2D eigenvalue weighted by atomic mass is 9.89. The summed E-state index contributed by atoms with van der Waals surface area (Å²) in [5.74, 6) is -0.560. The van der Waals surface area contributed by atoms with E-state index in [2.05, 4.69) is 33.8 Å². The van der Waals surface area contributed by atoms with Crippen molar-refractivity contribution in [2.75, 3.05) is 89.8 Å². The van der Waals surface area contributed by atoms with Crippen molar-refractivity contribution in [3.8, 4) is 11.5 Å². The summed E-state index contributed by atoms with van der Waals surface area (Å²) < 4.78 is 149. The lowest BCUT2D eigenvalue weighted by Gasteiger charge is -2.34. The molecule has 7 aliphatic heterocycles. The summed E-state index contributed by atoms with van der Waals surface area (Å²) in [6.07, 6.45) is -0.862. The van der Waals surface area contributed by atoms with Gasteiger partial charge in [0, 0.05) is 87.4 Å². The van der Waals surface area contributed by atoms with Crippen LogP contribution in [0.3, 0.4) is 0 Å². The summed E-state index contributed by atoms with van der Waals surface area (Å²) in [5, 5.41) is 5.23. The van der Waals surface area contributed by atoms with Crippen LogP contribution in [0, 0.1) is 13.8 Å². The molecule has 18 nitrogen and oxygen atoms in total. The van der Waals surface area contributed by atoms with Crippen molar-refractivity contribution in [3.63, 3.8) is 0 Å². The highest BCUT2D eigenvalue weighted by atomic mass is 35.5. The van der Waals surface area contributed by atoms with Gasteiger partial charge in [-0.05, 0) is 148 Å². The summed E-state index contributed by atoms with van der Waals surface area (Å²) in [4.78, 5) is 63.8. The van der Waals surface area contributed by atoms with Crippen LogP contribution >= 0.6 is 23.2 Å². The first-order chi connectivity index (χ1) is 43.4. The van der Waals surface area contributed by atoms with Crippen molar-refractivity contribution >= 4 is 78.5 Å². The normalized spacial score (nSPS) is 20.4. The molecule has 0 saturated carbocycles. The molecule has 7 heterocycles. The minimum absolute atomic E-state index is 0.00163. The number of halogens is 8. The van der Waals surface area contributed by atoms with Gasteiger partial charge in [-0.3, -0.25) is 29.2 Å². The Balaban J connectivity index is 0.000000247. The summed E-state index contributed by atoms with van der Waals surface area (Å²) in [5.41, 5.74) is -0.115. The number of amides is 4. The van der Waals surface area contributed by atoms with Crippen molar-refractivity contribution in [1.82, 2.24) is 29.0 Å². The molecule has 0 radical (unpaired) electrons. The van der Waals surface area contributed by atoms with Gasteiger partial charge in [-0.25, -0.2) is 25.4 Å². The zero-order chi connectivity index (χ0) is 67.4. The molecule has 28 heteroatoms. The summed E-state index contributed by atoms with van der Waals surface area (Å²) >= 11 is 10.1. The Morgan fingerprint density at radius 1 is 0.783 bits per heavy atom. The number of carbonyl (C=O) groups excluding carboxylic acids is 4. The number of hydrogen-bond acceptors (Lipinski definition) is 12. The van der Waals surface area contributed by atoms with Crippen LogP contribution in [-0.2, 0) is 54.8 Å². The average molecular weight is 1360 g/mol. The third-order valence-corrected chi connectivity index (χ3v) is 20.5. The van der Waals surface area contributed by atoms with E-state index < -0.39 is 66.4 Å². The van der Waals surface area contributed by atoms with Crippen LogP contribution in [0.5, 0.6) is 11.5 Å². The first-order valence-corrected chi connectivity index (χ1v) is 33.8. The van der Waals surface area contributed by atoms with E-state index in [4.69, 9.17) is 32.7 Å². The van der Waals surface area contributed by atoms with Crippen LogP contribution in [0.2, 0.25) is 0 Å². The fraction of sp³-hybridized carbons (Fsp3) is 0.438. The van der Waals surface area contributed by atoms with Crippen LogP contribution in [-0.4, -0.2) is 171 Å². The summed E-state index contributed by atoms with van der Waals surface area (Å²) in [7, 11) is -4.04. The van der Waals surface area contributed by atoms with Gasteiger partial charge in [-0.15, -0.1) is 36.4 Å². The highest BCUT2D eigenvalue weighted by Crippen LogP contribution is 2.38. The molecule has 2 N–H and O–H groups in total. The number of carbonyl (C=O) groups is 4. The SMILES string of the molecule is C=CCCOc1cc(C2=NC3(CCN(S(=O)(=O)CCc4ccc(C(=O)N(C)CC=C)cc4C)CC3)C(=O)N2)cc(C(F)(F)F)c1.Cc1cc2ccc1CCS(=O)(=O)N1CCC3(CC1)N=C(NC3=O)c1cc(cc(C(F)(F)F)c1)OCC/C=C\CN(C)C2=O.ClCCCl. The second-order valence-corrected chi connectivity index (χ2v) is 27.6. The first-order valence-electron chi connectivity index (χ1n) is 29.6. The lowest BCUT2D eigenvalue weighted by molar-refractivity contribution is -0.138. The summed E-state index contributed by atoms with van der Waals surface area (Å²) in [6, 6.07) is 16.8. The predicted molar refractivity (Wildman–Crippen MR) is 342 cm³/mol. The van der Waals surface area contributed by atoms with Gasteiger partial charge in [0.2, 0.25) is 20.0 Å². The Morgan fingerprint density at radius 3 is 1.95 bits per heavy atom. The third kappa shape index (κ3) is 18.2. The maximum absolute atomic E-state index is 13.7. The number of fused-ring (bicyclic) bond motifs is 2. The molecule has 498 valence electrons. The van der Waals surface area contributed by atoms with Crippen molar-refractivity contribution < 1.29 is 71.8 Å². The number of aryl methyl sites for hydroxylation is 4. The number of alkyl halides is 8. The molecule has 2 spiro atoms. The van der Waals surface area contributed by atoms with E-state index >= 15 is 0 Å². The minimum atomic E-state index is -4.66. The quantitative estimate of drug-likeness (QED) is 0.0559. The number of nitrogens with zero attached hydrogens (tertiary/aromatic N) is 6. The number of amidine groups is 2. The lowest BCUT2D eigenvalue weighted by Crippen LogP contribution is -2.50. The van der Waals surface area contributed by atoms with Gasteiger partial charge >= 0.3 is 12.4 Å². The maximum Gasteiger partial charge on any atom is 0.416 e. The first kappa shape index (κ1) is 72.3. The van der Waals surface area contributed by atoms with E-state index in [0.717, 1.165) is 46.5 Å². The molecule has 0 unspecified atom stereocenters. The van der Waals surface area contributed by atoms with Crippen molar-refractivity contribution in [2.45, 2.75) is 88.6 Å². The highest BCUT2D eigenvalue weighted by Gasteiger charge is 2.49. The van der Waals surface area contributed by atoms with Crippen molar-refractivity contribution in [1.29, 1.82) is 0 Å². The van der Waals surface area contributed by atoms with E-state index in [-0.39, 0.29) is 136 Å². The maximum atomic E-state index is 13.7. The van der Waals surface area contributed by atoms with Gasteiger partial charge < -0.3 is 29.9 Å². The number of ether oxygens (including phenoxy) is 2. The Hall–Kier alpha value is -7.10. The highest BCUT2D eigenvalue weighted by molar-refractivity contribution is 7.89. The van der Waals surface area contributed by atoms with Crippen LogP contribution < -0.4 is 20.1 Å². The van der Waals surface area contributed by atoms with Crippen LogP contribution in [0.1, 0.15) is 104 Å². The number of benzene rings is 4. The molecule has 11 rings (SSSR count). The molecule has 92 heavy (non-hydrogen) atoms. The van der Waals surface area contributed by atoms with Gasteiger partial charge in [-0.1, -0.05) is 36.4 Å². The van der Waals surface area contributed by atoms with Gasteiger partial charge in [0.1, 0.15) is 34.2 Å². The zero-order valence-corrected chi connectivity index (χ0v) is 54.5. The fourth-order valence-corrected chi connectivity index (χ4v) is 13.8. The number of aliphatic imine (C=N–C) groups is 2. The van der Waals surface area contributed by atoms with Crippen molar-refractivity contribution in [3.05, 3.63) is 166 Å². The molecular weight excluding hydrogens is 1290 g/mol. The van der Waals surface area contributed by atoms with Gasteiger partial charge in [0.15, 0.2) is 0 Å². The molecule has 0 aromatic heterocycles. The van der Waals surface area contributed by atoms with Gasteiger partial charge in [0.25, 0.3) is 23.6 Å². The Bertz CT molecular complexity index is 3730. The largest absolute Gasteiger partial charge is 0.493 e. The second-order valence-electron chi connectivity index (χ2n) is 22.7. The molecule has 7 aliphatic rings. The number of piperidine rings is 2. The Labute approximate surface area is 542 Å². The molecule has 2 saturated heterocycles. The van der Waals surface area contributed by atoms with Crippen LogP contribution in [0.4, 0.5) is 26.3 Å². The molecule has 0 aliphatic carbocycles. The Kier molecular flexibility index (Phi) is 24.2. The van der Waals surface area contributed by atoms with E-state index in [9.17, 15) is 62.4 Å². The molecular formula is C64H74Cl2F6N8O10S2. The number of sulfonamides is 2. The molecule has 7 bridgehead atoms. The zero-order valence-electron chi connectivity index (χ0n) is 51.4. The van der Waals surface area contributed by atoms with E-state index in [0.29, 0.717) is 48.8 Å². The van der Waals surface area contributed by atoms with E-state index in [1.54, 1.807) is 74.8 Å². The standard InChI is InChI=1S/C32H37F3N4O5S.C30H33F3N4O5S.C2H4Cl2/c1-5-7-16-44-27-20-25(19-26(21-27)32(33,34)35)28-36-30(41)31(37-28)11-14-39(15-12-31)45(42,43)17-10-23-8-9-24(18-22(23)3)29(40)38(4)13-6-2;1-20-16-22-7-6-21(20)8-15-43(40,41)37-12-9-29(10-13-37)28(39)34-26(35-29)23-17-24(30(31,32)33)19-25(18-23)42-14-5-3-4-11-36(2)27(22)38;3-1-2-4/h5-6,8-9,18-21H,1-2,7,10-17H2,3-4H3,(H,36,37,41);3-4,6-7,16-19H,5,8-15H2,1-2H3,(H,34,35,39);1-2H2/b;4-3-;. The molecule has 4 aromatic rings. The molecule has 2 fully saturated rings. The average Bonchev–Trinajstić information content (AvgIpc) is 1.62. The van der Waals surface area contributed by atoms with Crippen LogP contribution in [0.15, 0.2) is 120 Å². The number of rotatable bonds is 13. The van der Waals surface area contributed by atoms with E-state index in [1.165, 1.54) is 30.5 Å².